The Bertz CT molecular complexity index is 847. The lowest BCUT2D eigenvalue weighted by Gasteiger charge is -2.35. The molecule has 3 rings (SSSR count). The van der Waals surface area contributed by atoms with Crippen LogP contribution in [0.15, 0.2) is 48.5 Å². The molecule has 0 bridgehead atoms. The second-order valence-electron chi connectivity index (χ2n) is 10.8. The normalized spacial score (nSPS) is 20.2. The van der Waals surface area contributed by atoms with Crippen LogP contribution in [0, 0.1) is 16.7 Å². The molecule has 0 amide bonds. The van der Waals surface area contributed by atoms with Crippen LogP contribution < -0.4 is 0 Å². The van der Waals surface area contributed by atoms with Crippen LogP contribution in [-0.4, -0.2) is 0 Å². The van der Waals surface area contributed by atoms with Crippen molar-refractivity contribution in [3.05, 3.63) is 59.7 Å². The summed E-state index contributed by atoms with van der Waals surface area (Å²) >= 11 is 0. The predicted molar refractivity (Wildman–Crippen MR) is 147 cm³/mol. The van der Waals surface area contributed by atoms with Crippen molar-refractivity contribution in [2.24, 2.45) is 5.41 Å². The molecule has 1 aliphatic carbocycles. The van der Waals surface area contributed by atoms with E-state index in [2.05, 4.69) is 68.4 Å². The number of nitrogens with zero attached hydrogens (tertiary/aromatic N) is 1. The van der Waals surface area contributed by atoms with Gasteiger partial charge in [-0.15, -0.1) is 0 Å². The maximum atomic E-state index is 9.83. The van der Waals surface area contributed by atoms with E-state index >= 15 is 0 Å². The summed E-state index contributed by atoms with van der Waals surface area (Å²) in [5.41, 5.74) is 5.50. The van der Waals surface area contributed by atoms with E-state index in [0.717, 1.165) is 32.1 Å². The van der Waals surface area contributed by atoms with E-state index < -0.39 is 0 Å². The van der Waals surface area contributed by atoms with E-state index in [4.69, 9.17) is 0 Å². The number of unbranched alkanes of at least 4 members (excludes halogenated alkanes) is 8. The summed E-state index contributed by atoms with van der Waals surface area (Å²) in [6, 6.07) is 21.2. The van der Waals surface area contributed by atoms with Crippen molar-refractivity contribution in [1.29, 1.82) is 5.26 Å². The molecule has 0 spiro atoms. The van der Waals surface area contributed by atoms with Gasteiger partial charge >= 0.3 is 0 Å². The third kappa shape index (κ3) is 8.01. The number of nitriles is 1. The molecule has 184 valence electrons. The topological polar surface area (TPSA) is 23.8 Å². The van der Waals surface area contributed by atoms with Crippen LogP contribution >= 0.6 is 0 Å². The van der Waals surface area contributed by atoms with Gasteiger partial charge < -0.3 is 0 Å². The molecule has 0 aromatic heterocycles. The molecule has 2 aromatic carbocycles. The SMILES string of the molecule is CCCCCCCCCc1ccc(-c2ccc(C3CCC(C#N)(CCCCC)CC3)cc2)cc1. The summed E-state index contributed by atoms with van der Waals surface area (Å²) < 4.78 is 0. The highest BCUT2D eigenvalue weighted by Gasteiger charge is 2.35. The first-order chi connectivity index (χ1) is 16.7. The molecule has 34 heavy (non-hydrogen) atoms. The van der Waals surface area contributed by atoms with Gasteiger partial charge in [0.15, 0.2) is 0 Å². The Balaban J connectivity index is 1.46. The Hall–Kier alpha value is -2.07. The molecule has 0 aliphatic heterocycles. The van der Waals surface area contributed by atoms with Crippen molar-refractivity contribution in [3.8, 4) is 17.2 Å². The Kier molecular flexibility index (Phi) is 11.2. The first kappa shape index (κ1) is 26.5. The molecule has 0 saturated heterocycles. The zero-order chi connectivity index (χ0) is 24.1. The van der Waals surface area contributed by atoms with Crippen LogP contribution in [0.25, 0.3) is 11.1 Å². The quantitative estimate of drug-likeness (QED) is 0.259. The van der Waals surface area contributed by atoms with Gasteiger partial charge in [-0.1, -0.05) is 120 Å². The minimum absolute atomic E-state index is 0.0532. The van der Waals surface area contributed by atoms with Crippen molar-refractivity contribution in [2.45, 2.75) is 122 Å². The lowest BCUT2D eigenvalue weighted by atomic mass is 9.67. The van der Waals surface area contributed by atoms with Gasteiger partial charge in [-0.3, -0.25) is 0 Å². The lowest BCUT2D eigenvalue weighted by molar-refractivity contribution is 0.223. The molecular formula is C33H47N. The summed E-state index contributed by atoms with van der Waals surface area (Å²) in [6.45, 7) is 4.52. The lowest BCUT2D eigenvalue weighted by Crippen LogP contribution is -2.25. The number of hydrogen-bond acceptors (Lipinski definition) is 1. The van der Waals surface area contributed by atoms with Crippen molar-refractivity contribution >= 4 is 0 Å². The predicted octanol–water partition coefficient (Wildman–Crippen LogP) is 10.4. The fourth-order valence-corrected chi connectivity index (χ4v) is 5.73. The molecule has 1 nitrogen and oxygen atoms in total. The summed E-state index contributed by atoms with van der Waals surface area (Å²) in [4.78, 5) is 0. The third-order valence-corrected chi connectivity index (χ3v) is 8.18. The van der Waals surface area contributed by atoms with Crippen LogP contribution in [0.3, 0.4) is 0 Å². The van der Waals surface area contributed by atoms with Crippen LogP contribution in [0.2, 0.25) is 0 Å². The van der Waals surface area contributed by atoms with Gasteiger partial charge in [-0.25, -0.2) is 0 Å². The van der Waals surface area contributed by atoms with Crippen molar-refractivity contribution in [3.63, 3.8) is 0 Å². The Labute approximate surface area is 210 Å². The highest BCUT2D eigenvalue weighted by molar-refractivity contribution is 5.64. The average molecular weight is 458 g/mol. The fourth-order valence-electron chi connectivity index (χ4n) is 5.73. The minimum atomic E-state index is -0.0532. The second-order valence-corrected chi connectivity index (χ2v) is 10.8. The summed E-state index contributed by atoms with van der Waals surface area (Å²) in [5.74, 6) is 0.617. The zero-order valence-electron chi connectivity index (χ0n) is 22.0. The van der Waals surface area contributed by atoms with Gasteiger partial charge in [0.2, 0.25) is 0 Å². The highest BCUT2D eigenvalue weighted by atomic mass is 14.4. The van der Waals surface area contributed by atoms with Crippen molar-refractivity contribution in [2.75, 3.05) is 0 Å². The van der Waals surface area contributed by atoms with Gasteiger partial charge in [0.1, 0.15) is 0 Å². The number of benzene rings is 2. The van der Waals surface area contributed by atoms with Crippen molar-refractivity contribution in [1.82, 2.24) is 0 Å². The molecule has 1 aliphatic rings. The van der Waals surface area contributed by atoms with Crippen LogP contribution in [-0.2, 0) is 6.42 Å². The first-order valence-corrected chi connectivity index (χ1v) is 14.3. The summed E-state index contributed by atoms with van der Waals surface area (Å²) in [5, 5.41) is 9.83. The molecule has 2 aromatic rings. The monoisotopic (exact) mass is 457 g/mol. The van der Waals surface area contributed by atoms with Gasteiger partial charge in [0.25, 0.3) is 0 Å². The Morgan fingerprint density at radius 3 is 1.82 bits per heavy atom. The summed E-state index contributed by atoms with van der Waals surface area (Å²) in [7, 11) is 0. The van der Waals surface area contributed by atoms with E-state index in [1.165, 1.54) is 92.9 Å². The standard InChI is InChI=1S/C33H47N/c1-3-5-7-8-9-10-11-13-28-14-16-29(17-15-28)30-18-20-31(21-19-30)32-22-25-33(27-34,26-23-32)24-12-6-4-2/h14-21,32H,3-13,22-26H2,1-2H3. The van der Waals surface area contributed by atoms with E-state index in [-0.39, 0.29) is 5.41 Å². The van der Waals surface area contributed by atoms with Gasteiger partial charge in [0.05, 0.1) is 11.5 Å². The van der Waals surface area contributed by atoms with Gasteiger partial charge in [-0.2, -0.15) is 5.26 Å². The van der Waals surface area contributed by atoms with Crippen LogP contribution in [0.4, 0.5) is 0 Å². The largest absolute Gasteiger partial charge is 0.198 e. The maximum absolute atomic E-state index is 9.83. The fraction of sp³-hybridized carbons (Fsp3) is 0.606. The number of aryl methyl sites for hydroxylation is 1. The van der Waals surface area contributed by atoms with Crippen LogP contribution in [0.5, 0.6) is 0 Å². The molecule has 1 fully saturated rings. The Morgan fingerprint density at radius 1 is 0.706 bits per heavy atom. The zero-order valence-corrected chi connectivity index (χ0v) is 22.0. The molecule has 0 radical (unpaired) electrons. The van der Waals surface area contributed by atoms with E-state index in [1.807, 2.05) is 0 Å². The second kappa shape index (κ2) is 14.4. The average Bonchev–Trinajstić information content (AvgIpc) is 2.89. The van der Waals surface area contributed by atoms with Gasteiger partial charge in [0, 0.05) is 0 Å². The number of rotatable bonds is 14. The molecule has 0 unspecified atom stereocenters. The minimum Gasteiger partial charge on any atom is -0.198 e. The third-order valence-electron chi connectivity index (χ3n) is 8.18. The first-order valence-electron chi connectivity index (χ1n) is 14.3. The summed E-state index contributed by atoms with van der Waals surface area (Å²) in [6.07, 6.45) is 20.1. The van der Waals surface area contributed by atoms with E-state index in [9.17, 15) is 5.26 Å². The molecule has 0 atom stereocenters. The van der Waals surface area contributed by atoms with E-state index in [1.54, 1.807) is 0 Å². The molecule has 1 saturated carbocycles. The van der Waals surface area contributed by atoms with Gasteiger partial charge in [-0.05, 0) is 73.1 Å². The van der Waals surface area contributed by atoms with Crippen molar-refractivity contribution < 1.29 is 0 Å². The molecular weight excluding hydrogens is 410 g/mol. The Morgan fingerprint density at radius 2 is 1.24 bits per heavy atom. The molecule has 0 heterocycles. The molecule has 0 N–H and O–H groups in total. The highest BCUT2D eigenvalue weighted by Crippen LogP contribution is 2.45. The van der Waals surface area contributed by atoms with Crippen LogP contribution in [0.1, 0.15) is 127 Å². The maximum Gasteiger partial charge on any atom is 0.0689 e. The molecule has 1 heteroatoms. The smallest absolute Gasteiger partial charge is 0.0689 e. The van der Waals surface area contributed by atoms with E-state index in [0.29, 0.717) is 5.92 Å². The number of hydrogen-bond donors (Lipinski definition) is 0.